The molecule has 1 rings (SSSR count). The van der Waals surface area contributed by atoms with E-state index in [2.05, 4.69) is 25.7 Å². The van der Waals surface area contributed by atoms with Crippen molar-refractivity contribution in [1.29, 1.82) is 0 Å². The van der Waals surface area contributed by atoms with Gasteiger partial charge in [-0.15, -0.1) is 0 Å². The van der Waals surface area contributed by atoms with Crippen LogP contribution in [0.25, 0.3) is 0 Å². The molecule has 1 aromatic heterocycles. The maximum Gasteiger partial charge on any atom is 0.325 e. The molecule has 0 atom stereocenters. The molecule has 0 unspecified atom stereocenters. The van der Waals surface area contributed by atoms with Gasteiger partial charge in [-0.2, -0.15) is 5.10 Å². The van der Waals surface area contributed by atoms with Crippen LogP contribution >= 0.6 is 0 Å². The molecule has 112 valence electrons. The molecule has 0 radical (unpaired) electrons. The van der Waals surface area contributed by atoms with E-state index in [0.29, 0.717) is 12.5 Å². The Balaban J connectivity index is 2.37. The first-order valence-corrected chi connectivity index (χ1v) is 6.31. The Bertz CT molecular complexity index is 475. The van der Waals surface area contributed by atoms with E-state index in [0.717, 1.165) is 5.82 Å². The molecule has 1 heterocycles. The quantitative estimate of drug-likeness (QED) is 0.452. The first kappa shape index (κ1) is 15.9. The molecule has 0 amide bonds. The zero-order valence-corrected chi connectivity index (χ0v) is 12.6. The van der Waals surface area contributed by atoms with Gasteiger partial charge in [0.05, 0.1) is 6.54 Å². The Labute approximate surface area is 118 Å². The van der Waals surface area contributed by atoms with Crippen molar-refractivity contribution in [3.8, 4) is 0 Å². The number of carbonyl (C=O) groups excluding carboxylic acids is 1. The number of rotatable bonds is 4. The number of hydrogen-bond acceptors (Lipinski definition) is 5. The Morgan fingerprint density at radius 2 is 2.15 bits per heavy atom. The number of esters is 1. The molecule has 1 aromatic rings. The predicted molar refractivity (Wildman–Crippen MR) is 75.0 cm³/mol. The fourth-order valence-electron chi connectivity index (χ4n) is 1.40. The summed E-state index contributed by atoms with van der Waals surface area (Å²) in [7, 11) is 3.43. The molecular weight excluding hydrogens is 260 g/mol. The zero-order chi connectivity index (χ0) is 15.2. The molecule has 0 aliphatic heterocycles. The number of carbonyl (C=O) groups is 1. The van der Waals surface area contributed by atoms with Gasteiger partial charge in [-0.1, -0.05) is 0 Å². The van der Waals surface area contributed by atoms with Crippen molar-refractivity contribution in [3.63, 3.8) is 0 Å². The molecule has 0 saturated carbocycles. The van der Waals surface area contributed by atoms with Gasteiger partial charge in [-0.3, -0.25) is 14.5 Å². The fraction of sp³-hybridized carbons (Fsp3) is 0.667. The minimum absolute atomic E-state index is 0.0513. The second-order valence-corrected chi connectivity index (χ2v) is 5.17. The molecule has 0 fully saturated rings. The van der Waals surface area contributed by atoms with Crippen LogP contribution in [0.15, 0.2) is 11.3 Å². The van der Waals surface area contributed by atoms with Crippen molar-refractivity contribution < 1.29 is 9.53 Å². The Kier molecular flexibility index (Phi) is 5.48. The molecule has 20 heavy (non-hydrogen) atoms. The van der Waals surface area contributed by atoms with Crippen LogP contribution in [0.1, 0.15) is 26.6 Å². The van der Waals surface area contributed by atoms with Crippen molar-refractivity contribution in [2.45, 2.75) is 32.9 Å². The van der Waals surface area contributed by atoms with E-state index in [1.54, 1.807) is 18.8 Å². The van der Waals surface area contributed by atoms with Crippen molar-refractivity contribution in [1.82, 2.24) is 25.4 Å². The van der Waals surface area contributed by atoms with Gasteiger partial charge in [0.15, 0.2) is 5.96 Å². The molecule has 0 aliphatic rings. The Hall–Kier alpha value is -2.12. The summed E-state index contributed by atoms with van der Waals surface area (Å²) >= 11 is 0. The number of nitrogens with zero attached hydrogens (tertiary/aromatic N) is 4. The number of nitrogens with one attached hydrogen (secondary N) is 2. The highest BCUT2D eigenvalue weighted by molar-refractivity contribution is 5.84. The molecule has 0 aromatic carbocycles. The van der Waals surface area contributed by atoms with Crippen molar-refractivity contribution in [2.75, 3.05) is 13.6 Å². The van der Waals surface area contributed by atoms with Crippen LogP contribution in [0.3, 0.4) is 0 Å². The normalized spacial score (nSPS) is 12.2. The van der Waals surface area contributed by atoms with Gasteiger partial charge in [0, 0.05) is 14.1 Å². The van der Waals surface area contributed by atoms with E-state index < -0.39 is 5.60 Å². The molecule has 8 heteroatoms. The standard InChI is InChI=1S/C12H22N6O2/c1-12(2,3)20-10(19)7-15-11(13-4)14-6-9-16-8-17-18(9)5/h8H,6-7H2,1-5H3,(H2,13,14,15). The van der Waals surface area contributed by atoms with Gasteiger partial charge in [0.2, 0.25) is 0 Å². The first-order chi connectivity index (χ1) is 9.31. The Morgan fingerprint density at radius 3 is 2.65 bits per heavy atom. The van der Waals surface area contributed by atoms with Crippen molar-refractivity contribution in [3.05, 3.63) is 12.2 Å². The first-order valence-electron chi connectivity index (χ1n) is 6.31. The topological polar surface area (TPSA) is 93.4 Å². The van der Waals surface area contributed by atoms with Crippen LogP contribution < -0.4 is 10.6 Å². The van der Waals surface area contributed by atoms with Gasteiger partial charge >= 0.3 is 5.97 Å². The number of aromatic nitrogens is 3. The van der Waals surface area contributed by atoms with Crippen LogP contribution in [-0.2, 0) is 23.1 Å². The maximum atomic E-state index is 11.6. The SMILES string of the molecule is CN=C(NCC(=O)OC(C)(C)C)NCc1ncnn1C. The smallest absolute Gasteiger partial charge is 0.325 e. The minimum Gasteiger partial charge on any atom is -0.459 e. The summed E-state index contributed by atoms with van der Waals surface area (Å²) in [5, 5.41) is 9.89. The second-order valence-electron chi connectivity index (χ2n) is 5.17. The summed E-state index contributed by atoms with van der Waals surface area (Å²) in [6.07, 6.45) is 1.48. The maximum absolute atomic E-state index is 11.6. The van der Waals surface area contributed by atoms with E-state index in [1.807, 2.05) is 20.8 Å². The molecule has 0 aliphatic carbocycles. The molecular formula is C12H22N6O2. The third kappa shape index (κ3) is 5.68. The van der Waals surface area contributed by atoms with Gasteiger partial charge in [0.1, 0.15) is 24.3 Å². The lowest BCUT2D eigenvalue weighted by Crippen LogP contribution is -2.41. The number of aryl methyl sites for hydroxylation is 1. The zero-order valence-electron chi connectivity index (χ0n) is 12.6. The Morgan fingerprint density at radius 1 is 1.45 bits per heavy atom. The van der Waals surface area contributed by atoms with Crippen molar-refractivity contribution in [2.24, 2.45) is 12.0 Å². The lowest BCUT2D eigenvalue weighted by atomic mass is 10.2. The summed E-state index contributed by atoms with van der Waals surface area (Å²) in [6, 6.07) is 0. The molecule has 8 nitrogen and oxygen atoms in total. The summed E-state index contributed by atoms with van der Waals surface area (Å²) in [6.45, 7) is 5.99. The van der Waals surface area contributed by atoms with Crippen LogP contribution in [0.2, 0.25) is 0 Å². The lowest BCUT2D eigenvalue weighted by molar-refractivity contribution is -0.153. The van der Waals surface area contributed by atoms with E-state index in [-0.39, 0.29) is 12.5 Å². The van der Waals surface area contributed by atoms with E-state index in [4.69, 9.17) is 4.74 Å². The monoisotopic (exact) mass is 282 g/mol. The van der Waals surface area contributed by atoms with E-state index in [9.17, 15) is 4.79 Å². The number of ether oxygens (including phenoxy) is 1. The lowest BCUT2D eigenvalue weighted by Gasteiger charge is -2.20. The summed E-state index contributed by atoms with van der Waals surface area (Å²) in [5.74, 6) is 0.934. The van der Waals surface area contributed by atoms with Gasteiger partial charge in [-0.05, 0) is 20.8 Å². The van der Waals surface area contributed by atoms with Crippen LogP contribution in [0, 0.1) is 0 Å². The molecule has 2 N–H and O–H groups in total. The third-order valence-corrected chi connectivity index (χ3v) is 2.26. The van der Waals surface area contributed by atoms with Crippen LogP contribution in [0.4, 0.5) is 0 Å². The number of hydrogen-bond donors (Lipinski definition) is 2. The number of aliphatic imine (C=N–C) groups is 1. The summed E-state index contributed by atoms with van der Waals surface area (Å²) < 4.78 is 6.85. The highest BCUT2D eigenvalue weighted by Gasteiger charge is 2.16. The third-order valence-electron chi connectivity index (χ3n) is 2.26. The fourth-order valence-corrected chi connectivity index (χ4v) is 1.40. The van der Waals surface area contributed by atoms with E-state index >= 15 is 0 Å². The van der Waals surface area contributed by atoms with Gasteiger partial charge < -0.3 is 15.4 Å². The van der Waals surface area contributed by atoms with Gasteiger partial charge in [-0.25, -0.2) is 4.98 Å². The average Bonchev–Trinajstić information content (AvgIpc) is 2.73. The number of guanidine groups is 1. The van der Waals surface area contributed by atoms with Crippen LogP contribution in [0.5, 0.6) is 0 Å². The molecule has 0 spiro atoms. The average molecular weight is 282 g/mol. The largest absolute Gasteiger partial charge is 0.459 e. The summed E-state index contributed by atoms with van der Waals surface area (Å²) in [5.41, 5.74) is -0.492. The highest BCUT2D eigenvalue weighted by atomic mass is 16.6. The predicted octanol–water partition coefficient (Wildman–Crippen LogP) is -0.178. The van der Waals surface area contributed by atoms with Crippen molar-refractivity contribution >= 4 is 11.9 Å². The summed E-state index contributed by atoms with van der Waals surface area (Å²) in [4.78, 5) is 19.7. The second kappa shape index (κ2) is 6.88. The molecule has 0 bridgehead atoms. The highest BCUT2D eigenvalue weighted by Crippen LogP contribution is 2.06. The van der Waals surface area contributed by atoms with Gasteiger partial charge in [0.25, 0.3) is 0 Å². The van der Waals surface area contributed by atoms with E-state index in [1.165, 1.54) is 6.33 Å². The minimum atomic E-state index is -0.492. The molecule has 0 saturated heterocycles. The van der Waals surface area contributed by atoms with Crippen LogP contribution in [-0.4, -0.2) is 45.9 Å².